The van der Waals surface area contributed by atoms with Gasteiger partial charge in [-0.15, -0.1) is 0 Å². The molecule has 1 aliphatic rings. The summed E-state index contributed by atoms with van der Waals surface area (Å²) in [5.74, 6) is 0.111. The van der Waals surface area contributed by atoms with Gasteiger partial charge in [-0.1, -0.05) is 6.92 Å². The second-order valence-corrected chi connectivity index (χ2v) is 3.83. The number of hydrogen-bond donors (Lipinski definition) is 0. The van der Waals surface area contributed by atoms with Gasteiger partial charge < -0.3 is 4.74 Å². The standard InChI is InChI=1S/C11H17NO2/c1-2-7-14-8-6-11(9-12)5-3-4-10(11)13/h2-8H2,1H3. The van der Waals surface area contributed by atoms with Crippen molar-refractivity contribution < 1.29 is 9.53 Å². The lowest BCUT2D eigenvalue weighted by molar-refractivity contribution is -0.124. The Kier molecular flexibility index (Phi) is 4.09. The molecule has 1 atom stereocenters. The molecule has 0 bridgehead atoms. The molecular formula is C11H17NO2. The summed E-state index contributed by atoms with van der Waals surface area (Å²) in [4.78, 5) is 11.5. The van der Waals surface area contributed by atoms with E-state index < -0.39 is 5.41 Å². The highest BCUT2D eigenvalue weighted by Gasteiger charge is 2.41. The molecular weight excluding hydrogens is 178 g/mol. The Labute approximate surface area is 85.1 Å². The molecule has 14 heavy (non-hydrogen) atoms. The zero-order chi connectivity index (χ0) is 10.4. The predicted octanol–water partition coefficient (Wildman–Crippen LogP) is 2.07. The van der Waals surface area contributed by atoms with E-state index in [2.05, 4.69) is 6.07 Å². The fourth-order valence-corrected chi connectivity index (χ4v) is 1.86. The molecule has 0 aromatic heterocycles. The fraction of sp³-hybridized carbons (Fsp3) is 0.818. The van der Waals surface area contributed by atoms with Crippen molar-refractivity contribution in [2.75, 3.05) is 13.2 Å². The molecule has 3 heteroatoms. The van der Waals surface area contributed by atoms with E-state index in [1.54, 1.807) is 0 Å². The number of nitrogens with zero attached hydrogens (tertiary/aromatic N) is 1. The van der Waals surface area contributed by atoms with Crippen molar-refractivity contribution in [3.63, 3.8) is 0 Å². The lowest BCUT2D eigenvalue weighted by atomic mass is 9.84. The van der Waals surface area contributed by atoms with Crippen LogP contribution in [0, 0.1) is 16.7 Å². The first-order chi connectivity index (χ1) is 6.75. The van der Waals surface area contributed by atoms with Crippen LogP contribution in [0.1, 0.15) is 39.0 Å². The van der Waals surface area contributed by atoms with Crippen LogP contribution in [0.5, 0.6) is 0 Å². The first-order valence-electron chi connectivity index (χ1n) is 5.27. The van der Waals surface area contributed by atoms with E-state index in [4.69, 9.17) is 10.00 Å². The van der Waals surface area contributed by atoms with E-state index in [0.717, 1.165) is 25.9 Å². The van der Waals surface area contributed by atoms with Gasteiger partial charge in [0, 0.05) is 19.6 Å². The smallest absolute Gasteiger partial charge is 0.153 e. The van der Waals surface area contributed by atoms with Crippen molar-refractivity contribution in [3.05, 3.63) is 0 Å². The van der Waals surface area contributed by atoms with Gasteiger partial charge in [-0.25, -0.2) is 0 Å². The topological polar surface area (TPSA) is 50.1 Å². The minimum absolute atomic E-state index is 0.111. The molecule has 1 rings (SSSR count). The van der Waals surface area contributed by atoms with Gasteiger partial charge in [0.15, 0.2) is 5.78 Å². The van der Waals surface area contributed by atoms with E-state index in [9.17, 15) is 4.79 Å². The Morgan fingerprint density at radius 2 is 2.36 bits per heavy atom. The van der Waals surface area contributed by atoms with Crippen LogP contribution in [-0.4, -0.2) is 19.0 Å². The molecule has 0 amide bonds. The maximum Gasteiger partial charge on any atom is 0.153 e. The number of nitriles is 1. The minimum atomic E-state index is -0.715. The number of Topliss-reactive ketones (excluding diaryl/α,β-unsaturated/α-hetero) is 1. The third-order valence-corrected chi connectivity index (χ3v) is 2.78. The monoisotopic (exact) mass is 195 g/mol. The zero-order valence-corrected chi connectivity index (χ0v) is 8.71. The molecule has 1 fully saturated rings. The van der Waals surface area contributed by atoms with Gasteiger partial charge in [0.1, 0.15) is 5.41 Å². The Morgan fingerprint density at radius 3 is 2.86 bits per heavy atom. The Hall–Kier alpha value is -0.880. The van der Waals surface area contributed by atoms with Gasteiger partial charge >= 0.3 is 0 Å². The third-order valence-electron chi connectivity index (χ3n) is 2.78. The summed E-state index contributed by atoms with van der Waals surface area (Å²) in [6, 6.07) is 2.17. The lowest BCUT2D eigenvalue weighted by Gasteiger charge is -2.17. The van der Waals surface area contributed by atoms with Crippen LogP contribution in [0.15, 0.2) is 0 Å². The number of ether oxygens (including phenoxy) is 1. The number of carbonyl (C=O) groups is 1. The first-order valence-corrected chi connectivity index (χ1v) is 5.27. The normalized spacial score (nSPS) is 26.4. The second-order valence-electron chi connectivity index (χ2n) is 3.83. The average molecular weight is 195 g/mol. The van der Waals surface area contributed by atoms with Gasteiger partial charge in [0.25, 0.3) is 0 Å². The zero-order valence-electron chi connectivity index (χ0n) is 8.71. The molecule has 1 unspecified atom stereocenters. The molecule has 0 aromatic rings. The molecule has 3 nitrogen and oxygen atoms in total. The second kappa shape index (κ2) is 5.11. The highest BCUT2D eigenvalue weighted by Crippen LogP contribution is 2.37. The van der Waals surface area contributed by atoms with Crippen LogP contribution < -0.4 is 0 Å². The molecule has 0 radical (unpaired) electrons. The molecule has 0 heterocycles. The molecule has 0 spiro atoms. The summed E-state index contributed by atoms with van der Waals surface area (Å²) in [5, 5.41) is 9.02. The summed E-state index contributed by atoms with van der Waals surface area (Å²) < 4.78 is 5.32. The fourth-order valence-electron chi connectivity index (χ4n) is 1.86. The average Bonchev–Trinajstić information content (AvgIpc) is 2.56. The van der Waals surface area contributed by atoms with E-state index in [1.807, 2.05) is 6.92 Å². The lowest BCUT2D eigenvalue weighted by Crippen LogP contribution is -2.25. The Bertz CT molecular complexity index is 244. The van der Waals surface area contributed by atoms with Crippen molar-refractivity contribution >= 4 is 5.78 Å². The number of hydrogen-bond acceptors (Lipinski definition) is 3. The Balaban J connectivity index is 2.39. The van der Waals surface area contributed by atoms with Crippen molar-refractivity contribution in [1.82, 2.24) is 0 Å². The highest BCUT2D eigenvalue weighted by atomic mass is 16.5. The van der Waals surface area contributed by atoms with Crippen molar-refractivity contribution in [2.24, 2.45) is 5.41 Å². The van der Waals surface area contributed by atoms with Gasteiger partial charge in [0.2, 0.25) is 0 Å². The maximum absolute atomic E-state index is 11.5. The van der Waals surface area contributed by atoms with Crippen LogP contribution >= 0.6 is 0 Å². The summed E-state index contributed by atoms with van der Waals surface area (Å²) in [6.07, 6.45) is 3.70. The van der Waals surface area contributed by atoms with E-state index in [-0.39, 0.29) is 5.78 Å². The van der Waals surface area contributed by atoms with Crippen LogP contribution in [-0.2, 0) is 9.53 Å². The van der Waals surface area contributed by atoms with Crippen LogP contribution in [0.2, 0.25) is 0 Å². The van der Waals surface area contributed by atoms with E-state index in [1.165, 1.54) is 0 Å². The van der Waals surface area contributed by atoms with Crippen LogP contribution in [0.4, 0.5) is 0 Å². The summed E-state index contributed by atoms with van der Waals surface area (Å²) in [5.41, 5.74) is -0.715. The summed E-state index contributed by atoms with van der Waals surface area (Å²) in [7, 11) is 0. The molecule has 0 aromatic carbocycles. The molecule has 0 saturated heterocycles. The van der Waals surface area contributed by atoms with Gasteiger partial charge in [0.05, 0.1) is 6.07 Å². The predicted molar refractivity (Wildman–Crippen MR) is 52.6 cm³/mol. The van der Waals surface area contributed by atoms with Crippen LogP contribution in [0.25, 0.3) is 0 Å². The van der Waals surface area contributed by atoms with Crippen molar-refractivity contribution in [3.8, 4) is 6.07 Å². The maximum atomic E-state index is 11.5. The first kappa shape index (κ1) is 11.2. The van der Waals surface area contributed by atoms with Gasteiger partial charge in [-0.3, -0.25) is 4.79 Å². The largest absolute Gasteiger partial charge is 0.381 e. The summed E-state index contributed by atoms with van der Waals surface area (Å²) >= 11 is 0. The van der Waals surface area contributed by atoms with Gasteiger partial charge in [-0.05, 0) is 25.7 Å². The molecule has 0 aliphatic heterocycles. The quantitative estimate of drug-likeness (QED) is 0.631. The molecule has 1 aliphatic carbocycles. The number of ketones is 1. The minimum Gasteiger partial charge on any atom is -0.381 e. The van der Waals surface area contributed by atoms with Gasteiger partial charge in [-0.2, -0.15) is 5.26 Å². The van der Waals surface area contributed by atoms with Crippen LogP contribution in [0.3, 0.4) is 0 Å². The highest BCUT2D eigenvalue weighted by molar-refractivity contribution is 5.89. The molecule has 1 saturated carbocycles. The van der Waals surface area contributed by atoms with E-state index in [0.29, 0.717) is 19.4 Å². The number of rotatable bonds is 5. The van der Waals surface area contributed by atoms with Crippen molar-refractivity contribution in [2.45, 2.75) is 39.0 Å². The number of carbonyl (C=O) groups excluding carboxylic acids is 1. The van der Waals surface area contributed by atoms with E-state index >= 15 is 0 Å². The Morgan fingerprint density at radius 1 is 1.57 bits per heavy atom. The van der Waals surface area contributed by atoms with Crippen molar-refractivity contribution in [1.29, 1.82) is 5.26 Å². The third kappa shape index (κ3) is 2.33. The molecule has 78 valence electrons. The SMILES string of the molecule is CCCOCCC1(C#N)CCCC1=O. The summed E-state index contributed by atoms with van der Waals surface area (Å²) in [6.45, 7) is 3.30. The molecule has 0 N–H and O–H groups in total.